The van der Waals surface area contributed by atoms with E-state index < -0.39 is 0 Å². The summed E-state index contributed by atoms with van der Waals surface area (Å²) in [6.07, 6.45) is 1.61. The van der Waals surface area contributed by atoms with E-state index >= 15 is 0 Å². The molecule has 0 aromatic carbocycles. The fourth-order valence-corrected chi connectivity index (χ4v) is 1.81. The maximum absolute atomic E-state index is 5.73. The number of anilines is 1. The Morgan fingerprint density at radius 1 is 1.64 bits per heavy atom. The van der Waals surface area contributed by atoms with Crippen molar-refractivity contribution in [1.82, 2.24) is 10.1 Å². The Kier molecular flexibility index (Phi) is 2.69. The second-order valence-electron chi connectivity index (χ2n) is 2.76. The minimum Gasteiger partial charge on any atom is -0.359 e. The first kappa shape index (κ1) is 9.48. The van der Waals surface area contributed by atoms with Crippen molar-refractivity contribution in [3.05, 3.63) is 28.1 Å². The van der Waals surface area contributed by atoms with Gasteiger partial charge in [0, 0.05) is 6.07 Å². The van der Waals surface area contributed by atoms with Crippen LogP contribution in [0.2, 0.25) is 4.34 Å². The Morgan fingerprint density at radius 3 is 3.07 bits per heavy atom. The third-order valence-corrected chi connectivity index (χ3v) is 2.64. The summed E-state index contributed by atoms with van der Waals surface area (Å²) in [7, 11) is 0. The minimum absolute atomic E-state index is 0.574. The normalized spacial score (nSPS) is 10.4. The number of hydrogen-bond donors (Lipinski definition) is 1. The predicted molar refractivity (Wildman–Crippen MR) is 55.7 cm³/mol. The fourth-order valence-electron chi connectivity index (χ4n) is 0.999. The number of thiazole rings is 1. The molecule has 6 heteroatoms. The molecule has 0 fully saturated rings. The van der Waals surface area contributed by atoms with E-state index in [4.69, 9.17) is 16.1 Å². The molecule has 2 aromatic heterocycles. The minimum atomic E-state index is 0.574. The van der Waals surface area contributed by atoms with Gasteiger partial charge < -0.3 is 9.84 Å². The second-order valence-corrected chi connectivity index (χ2v) is 4.42. The third-order valence-electron chi connectivity index (χ3n) is 1.57. The average Bonchev–Trinajstić information content (AvgIpc) is 2.72. The largest absolute Gasteiger partial charge is 0.359 e. The molecule has 0 atom stereocenters. The molecule has 4 nitrogen and oxygen atoms in total. The summed E-state index contributed by atoms with van der Waals surface area (Å²) < 4.78 is 5.69. The molecular weight excluding hydrogens is 222 g/mol. The van der Waals surface area contributed by atoms with Crippen LogP contribution in [-0.4, -0.2) is 10.1 Å². The van der Waals surface area contributed by atoms with Crippen LogP contribution in [0.25, 0.3) is 0 Å². The van der Waals surface area contributed by atoms with Crippen molar-refractivity contribution < 1.29 is 4.52 Å². The van der Waals surface area contributed by atoms with E-state index in [1.54, 1.807) is 6.20 Å². The van der Waals surface area contributed by atoms with E-state index in [0.29, 0.717) is 10.9 Å². The van der Waals surface area contributed by atoms with Gasteiger partial charge in [-0.1, -0.05) is 28.1 Å². The number of hydrogen-bond acceptors (Lipinski definition) is 5. The van der Waals surface area contributed by atoms with Gasteiger partial charge in [0.05, 0.1) is 18.4 Å². The van der Waals surface area contributed by atoms with E-state index in [1.807, 2.05) is 13.0 Å². The lowest BCUT2D eigenvalue weighted by Gasteiger charge is -1.96. The maximum atomic E-state index is 5.73. The maximum Gasteiger partial charge on any atom is 0.184 e. The van der Waals surface area contributed by atoms with Crippen molar-refractivity contribution in [2.45, 2.75) is 13.5 Å². The first-order valence-electron chi connectivity index (χ1n) is 4.01. The standard InChI is InChI=1S/C8H8ClN3OS/c1-5-2-6(13-12-5)3-10-8-11-4-7(9)14-8/h2,4H,3H2,1H3,(H,10,11). The molecule has 2 aromatic rings. The van der Waals surface area contributed by atoms with Crippen molar-refractivity contribution in [2.24, 2.45) is 0 Å². The van der Waals surface area contributed by atoms with Gasteiger partial charge in [0.2, 0.25) is 0 Å². The molecule has 2 heterocycles. The van der Waals surface area contributed by atoms with Crippen LogP contribution in [0.3, 0.4) is 0 Å². The summed E-state index contributed by atoms with van der Waals surface area (Å²) in [6, 6.07) is 1.88. The number of nitrogens with zero attached hydrogens (tertiary/aromatic N) is 2. The lowest BCUT2D eigenvalue weighted by Crippen LogP contribution is -1.96. The summed E-state index contributed by atoms with van der Waals surface area (Å²) in [6.45, 7) is 2.46. The number of rotatable bonds is 3. The van der Waals surface area contributed by atoms with Gasteiger partial charge in [-0.15, -0.1) is 0 Å². The third kappa shape index (κ3) is 2.24. The molecule has 0 saturated heterocycles. The molecule has 0 amide bonds. The smallest absolute Gasteiger partial charge is 0.184 e. The highest BCUT2D eigenvalue weighted by atomic mass is 35.5. The van der Waals surface area contributed by atoms with Crippen LogP contribution >= 0.6 is 22.9 Å². The van der Waals surface area contributed by atoms with E-state index in [2.05, 4.69) is 15.5 Å². The van der Waals surface area contributed by atoms with Crippen molar-refractivity contribution in [2.75, 3.05) is 5.32 Å². The Bertz CT molecular complexity index is 385. The quantitative estimate of drug-likeness (QED) is 0.879. The molecule has 0 aliphatic rings. The van der Waals surface area contributed by atoms with Gasteiger partial charge in [0.15, 0.2) is 10.9 Å². The highest BCUT2D eigenvalue weighted by Gasteiger charge is 2.02. The highest BCUT2D eigenvalue weighted by Crippen LogP contribution is 2.22. The lowest BCUT2D eigenvalue weighted by molar-refractivity contribution is 0.384. The van der Waals surface area contributed by atoms with Crippen LogP contribution in [0.4, 0.5) is 5.13 Å². The van der Waals surface area contributed by atoms with E-state index in [9.17, 15) is 0 Å². The molecule has 0 saturated carbocycles. The van der Waals surface area contributed by atoms with Gasteiger partial charge >= 0.3 is 0 Å². The molecule has 74 valence electrons. The van der Waals surface area contributed by atoms with E-state index in [0.717, 1.165) is 16.6 Å². The lowest BCUT2D eigenvalue weighted by atomic mass is 10.4. The monoisotopic (exact) mass is 229 g/mol. The molecule has 1 N–H and O–H groups in total. The van der Waals surface area contributed by atoms with E-state index in [1.165, 1.54) is 11.3 Å². The van der Waals surface area contributed by atoms with E-state index in [-0.39, 0.29) is 0 Å². The topological polar surface area (TPSA) is 51.0 Å². The van der Waals surface area contributed by atoms with Crippen molar-refractivity contribution in [1.29, 1.82) is 0 Å². The first-order valence-corrected chi connectivity index (χ1v) is 5.21. The molecule has 0 unspecified atom stereocenters. The van der Waals surface area contributed by atoms with Crippen LogP contribution in [0.1, 0.15) is 11.5 Å². The number of aryl methyl sites for hydroxylation is 1. The summed E-state index contributed by atoms with van der Waals surface area (Å²) in [5.74, 6) is 0.786. The summed E-state index contributed by atoms with van der Waals surface area (Å²) in [4.78, 5) is 4.05. The van der Waals surface area contributed by atoms with Gasteiger partial charge in [-0.3, -0.25) is 0 Å². The SMILES string of the molecule is Cc1cc(CNc2ncc(Cl)s2)on1. The second kappa shape index (κ2) is 3.98. The number of halogens is 1. The molecule has 0 aliphatic heterocycles. The summed E-state index contributed by atoms with van der Waals surface area (Å²) in [5.41, 5.74) is 0.874. The molecule has 14 heavy (non-hydrogen) atoms. The summed E-state index contributed by atoms with van der Waals surface area (Å²) in [5, 5.41) is 7.64. The molecular formula is C8H8ClN3OS. The van der Waals surface area contributed by atoms with Gasteiger partial charge in [-0.2, -0.15) is 0 Å². The predicted octanol–water partition coefficient (Wildman–Crippen LogP) is 2.71. The molecule has 2 rings (SSSR count). The fraction of sp³-hybridized carbons (Fsp3) is 0.250. The Hall–Kier alpha value is -1.07. The number of nitrogens with one attached hydrogen (secondary N) is 1. The van der Waals surface area contributed by atoms with Crippen molar-refractivity contribution in [3.8, 4) is 0 Å². The molecule has 0 bridgehead atoms. The zero-order valence-electron chi connectivity index (χ0n) is 7.45. The average molecular weight is 230 g/mol. The van der Waals surface area contributed by atoms with Crippen LogP contribution in [0, 0.1) is 6.92 Å². The Morgan fingerprint density at radius 2 is 2.50 bits per heavy atom. The van der Waals surface area contributed by atoms with Gasteiger partial charge in [0.1, 0.15) is 4.34 Å². The van der Waals surface area contributed by atoms with Crippen molar-refractivity contribution in [3.63, 3.8) is 0 Å². The van der Waals surface area contributed by atoms with Crippen molar-refractivity contribution >= 4 is 28.1 Å². The van der Waals surface area contributed by atoms with Gasteiger partial charge in [0.25, 0.3) is 0 Å². The zero-order chi connectivity index (χ0) is 9.97. The van der Waals surface area contributed by atoms with Crippen LogP contribution < -0.4 is 5.32 Å². The molecule has 0 spiro atoms. The molecule has 0 radical (unpaired) electrons. The van der Waals surface area contributed by atoms with Crippen LogP contribution in [0.5, 0.6) is 0 Å². The molecule has 0 aliphatic carbocycles. The van der Waals surface area contributed by atoms with Gasteiger partial charge in [-0.05, 0) is 6.92 Å². The van der Waals surface area contributed by atoms with Crippen LogP contribution in [-0.2, 0) is 6.54 Å². The Labute approximate surface area is 89.9 Å². The summed E-state index contributed by atoms with van der Waals surface area (Å²) >= 11 is 7.12. The van der Waals surface area contributed by atoms with Crippen LogP contribution in [0.15, 0.2) is 16.8 Å². The van der Waals surface area contributed by atoms with Gasteiger partial charge in [-0.25, -0.2) is 4.98 Å². The number of aromatic nitrogens is 2. The Balaban J connectivity index is 1.94. The highest BCUT2D eigenvalue weighted by molar-refractivity contribution is 7.19. The zero-order valence-corrected chi connectivity index (χ0v) is 9.02. The first-order chi connectivity index (χ1) is 6.74.